The lowest BCUT2D eigenvalue weighted by Gasteiger charge is -2.31. The number of nitrogens with zero attached hydrogens (tertiary/aromatic N) is 2. The SMILES string of the molecule is CCOC(=O)C(C)(C)c1csc(C2CCCN(C(C)=O)C2)n1. The van der Waals surface area contributed by atoms with Gasteiger partial charge in [0.1, 0.15) is 5.41 Å². The topological polar surface area (TPSA) is 59.5 Å². The number of carbonyl (C=O) groups excluding carboxylic acids is 2. The second kappa shape index (κ2) is 6.77. The number of rotatable bonds is 4. The molecule has 1 saturated heterocycles. The van der Waals surface area contributed by atoms with Gasteiger partial charge in [-0.25, -0.2) is 4.98 Å². The van der Waals surface area contributed by atoms with E-state index >= 15 is 0 Å². The molecule has 0 radical (unpaired) electrons. The van der Waals surface area contributed by atoms with Crippen molar-refractivity contribution in [2.75, 3.05) is 19.7 Å². The fourth-order valence-corrected chi connectivity index (χ4v) is 3.76. The number of aromatic nitrogens is 1. The Balaban J connectivity index is 2.14. The molecule has 0 bridgehead atoms. The number of hydrogen-bond acceptors (Lipinski definition) is 5. The molecular formula is C16H24N2O3S. The summed E-state index contributed by atoms with van der Waals surface area (Å²) in [6, 6.07) is 0. The minimum absolute atomic E-state index is 0.119. The number of esters is 1. The van der Waals surface area contributed by atoms with Crippen LogP contribution in [0.25, 0.3) is 0 Å². The molecule has 5 nitrogen and oxygen atoms in total. The molecule has 1 fully saturated rings. The molecule has 1 aromatic heterocycles. The van der Waals surface area contributed by atoms with Crippen LogP contribution >= 0.6 is 11.3 Å². The summed E-state index contributed by atoms with van der Waals surface area (Å²) in [5.41, 5.74) is 0.0190. The number of ether oxygens (including phenoxy) is 1. The second-order valence-corrected chi connectivity index (χ2v) is 7.11. The van der Waals surface area contributed by atoms with Crippen LogP contribution in [0.3, 0.4) is 0 Å². The zero-order valence-electron chi connectivity index (χ0n) is 13.7. The Bertz CT molecular complexity index is 553. The highest BCUT2D eigenvalue weighted by atomic mass is 32.1. The summed E-state index contributed by atoms with van der Waals surface area (Å²) in [4.78, 5) is 30.2. The van der Waals surface area contributed by atoms with Gasteiger partial charge in [-0.1, -0.05) is 0 Å². The molecule has 1 aliphatic heterocycles. The average molecular weight is 324 g/mol. The molecule has 0 saturated carbocycles. The lowest BCUT2D eigenvalue weighted by Crippen LogP contribution is -2.37. The third kappa shape index (κ3) is 3.48. The van der Waals surface area contributed by atoms with E-state index in [1.54, 1.807) is 25.2 Å². The Kier molecular flexibility index (Phi) is 5.21. The molecule has 1 aliphatic rings. The van der Waals surface area contributed by atoms with Crippen molar-refractivity contribution in [3.05, 3.63) is 16.1 Å². The van der Waals surface area contributed by atoms with Crippen molar-refractivity contribution in [1.82, 2.24) is 9.88 Å². The molecule has 1 amide bonds. The van der Waals surface area contributed by atoms with Crippen LogP contribution in [0.5, 0.6) is 0 Å². The molecule has 2 rings (SSSR count). The zero-order valence-corrected chi connectivity index (χ0v) is 14.5. The quantitative estimate of drug-likeness (QED) is 0.799. The predicted molar refractivity (Wildman–Crippen MR) is 86.0 cm³/mol. The molecule has 0 N–H and O–H groups in total. The van der Waals surface area contributed by atoms with Crippen molar-refractivity contribution in [1.29, 1.82) is 0 Å². The molecule has 22 heavy (non-hydrogen) atoms. The number of carbonyl (C=O) groups is 2. The van der Waals surface area contributed by atoms with Crippen molar-refractivity contribution in [2.24, 2.45) is 0 Å². The van der Waals surface area contributed by atoms with E-state index in [-0.39, 0.29) is 17.8 Å². The molecule has 1 aromatic rings. The maximum atomic E-state index is 12.1. The van der Waals surface area contributed by atoms with Gasteiger partial charge >= 0.3 is 5.97 Å². The first-order chi connectivity index (χ1) is 10.4. The summed E-state index contributed by atoms with van der Waals surface area (Å²) in [5.74, 6) is 0.142. The van der Waals surface area contributed by atoms with Gasteiger partial charge in [0.15, 0.2) is 0 Å². The normalized spacial score (nSPS) is 19.1. The van der Waals surface area contributed by atoms with Crippen LogP contribution in [0, 0.1) is 0 Å². The number of thiazole rings is 1. The van der Waals surface area contributed by atoms with E-state index in [9.17, 15) is 9.59 Å². The van der Waals surface area contributed by atoms with Crippen LogP contribution in [0.1, 0.15) is 57.2 Å². The summed E-state index contributed by atoms with van der Waals surface area (Å²) in [5, 5.41) is 2.96. The minimum Gasteiger partial charge on any atom is -0.465 e. The number of amides is 1. The predicted octanol–water partition coefficient (Wildman–Crippen LogP) is 2.71. The Morgan fingerprint density at radius 1 is 1.50 bits per heavy atom. The highest BCUT2D eigenvalue weighted by Gasteiger charge is 2.35. The van der Waals surface area contributed by atoms with Gasteiger partial charge < -0.3 is 9.64 Å². The highest BCUT2D eigenvalue weighted by Crippen LogP contribution is 2.33. The van der Waals surface area contributed by atoms with Crippen LogP contribution < -0.4 is 0 Å². The fraction of sp³-hybridized carbons (Fsp3) is 0.688. The first kappa shape index (κ1) is 16.9. The maximum Gasteiger partial charge on any atom is 0.317 e. The van der Waals surface area contributed by atoms with Crippen molar-refractivity contribution >= 4 is 23.2 Å². The molecule has 0 spiro atoms. The van der Waals surface area contributed by atoms with Crippen LogP contribution in [0.15, 0.2) is 5.38 Å². The van der Waals surface area contributed by atoms with Crippen molar-refractivity contribution in [2.45, 2.75) is 51.9 Å². The lowest BCUT2D eigenvalue weighted by molar-refractivity contribution is -0.148. The van der Waals surface area contributed by atoms with Gasteiger partial charge in [-0.15, -0.1) is 11.3 Å². The molecule has 1 unspecified atom stereocenters. The van der Waals surface area contributed by atoms with Gasteiger partial charge in [0.25, 0.3) is 0 Å². The van der Waals surface area contributed by atoms with E-state index in [1.807, 2.05) is 24.1 Å². The van der Waals surface area contributed by atoms with E-state index in [4.69, 9.17) is 4.74 Å². The second-order valence-electron chi connectivity index (χ2n) is 6.22. The molecule has 6 heteroatoms. The monoisotopic (exact) mass is 324 g/mol. The molecule has 122 valence electrons. The van der Waals surface area contributed by atoms with Gasteiger partial charge in [0.2, 0.25) is 5.91 Å². The van der Waals surface area contributed by atoms with E-state index in [0.29, 0.717) is 6.61 Å². The summed E-state index contributed by atoms with van der Waals surface area (Å²) in [6.45, 7) is 9.02. The van der Waals surface area contributed by atoms with E-state index in [2.05, 4.69) is 4.98 Å². The van der Waals surface area contributed by atoms with Gasteiger partial charge in [0.05, 0.1) is 17.3 Å². The van der Waals surface area contributed by atoms with Crippen LogP contribution in [0.2, 0.25) is 0 Å². The van der Waals surface area contributed by atoms with Crippen LogP contribution in [-0.4, -0.2) is 41.5 Å². The van der Waals surface area contributed by atoms with Crippen LogP contribution in [-0.2, 0) is 19.7 Å². The Morgan fingerprint density at radius 2 is 2.23 bits per heavy atom. The van der Waals surface area contributed by atoms with E-state index in [1.165, 1.54) is 0 Å². The van der Waals surface area contributed by atoms with Crippen LogP contribution in [0.4, 0.5) is 0 Å². The summed E-state index contributed by atoms with van der Waals surface area (Å²) in [6.07, 6.45) is 2.04. The Labute approximate surface area is 135 Å². The molecular weight excluding hydrogens is 300 g/mol. The standard InChI is InChI=1S/C16H24N2O3S/c1-5-21-15(20)16(3,4)13-10-22-14(17-13)12-7-6-8-18(9-12)11(2)19/h10,12H,5-9H2,1-4H3. The average Bonchev–Trinajstić information content (AvgIpc) is 2.98. The number of hydrogen-bond donors (Lipinski definition) is 0. The third-order valence-electron chi connectivity index (χ3n) is 4.16. The Morgan fingerprint density at radius 3 is 2.86 bits per heavy atom. The molecule has 1 atom stereocenters. The molecule has 0 aliphatic carbocycles. The summed E-state index contributed by atoms with van der Waals surface area (Å²) >= 11 is 1.58. The Hall–Kier alpha value is -1.43. The van der Waals surface area contributed by atoms with Gasteiger partial charge in [-0.3, -0.25) is 9.59 Å². The first-order valence-corrected chi connectivity index (χ1v) is 8.62. The summed E-state index contributed by atoms with van der Waals surface area (Å²) in [7, 11) is 0. The van der Waals surface area contributed by atoms with Gasteiger partial charge in [0, 0.05) is 31.3 Å². The largest absolute Gasteiger partial charge is 0.465 e. The van der Waals surface area contributed by atoms with E-state index < -0.39 is 5.41 Å². The van der Waals surface area contributed by atoms with E-state index in [0.717, 1.165) is 36.6 Å². The fourth-order valence-electron chi connectivity index (χ4n) is 2.64. The third-order valence-corrected chi connectivity index (χ3v) is 5.17. The number of likely N-dealkylation sites (tertiary alicyclic amines) is 1. The summed E-state index contributed by atoms with van der Waals surface area (Å²) < 4.78 is 5.14. The van der Waals surface area contributed by atoms with Gasteiger partial charge in [-0.05, 0) is 33.6 Å². The van der Waals surface area contributed by atoms with Crippen molar-refractivity contribution in [3.8, 4) is 0 Å². The maximum absolute atomic E-state index is 12.1. The van der Waals surface area contributed by atoms with Gasteiger partial charge in [-0.2, -0.15) is 0 Å². The first-order valence-electron chi connectivity index (χ1n) is 7.75. The minimum atomic E-state index is -0.736. The van der Waals surface area contributed by atoms with Crippen molar-refractivity contribution in [3.63, 3.8) is 0 Å². The lowest BCUT2D eigenvalue weighted by atomic mass is 9.90. The van der Waals surface area contributed by atoms with Crippen molar-refractivity contribution < 1.29 is 14.3 Å². The highest BCUT2D eigenvalue weighted by molar-refractivity contribution is 7.09. The molecule has 0 aromatic carbocycles. The smallest absolute Gasteiger partial charge is 0.317 e. The zero-order chi connectivity index (χ0) is 16.3. The molecule has 2 heterocycles. The number of piperidine rings is 1.